The molecule has 0 bridgehead atoms. The Balaban J connectivity index is 1.62. The molecule has 1 atom stereocenters. The molecule has 32 heavy (non-hydrogen) atoms. The first-order valence-corrected chi connectivity index (χ1v) is 13.0. The van der Waals surface area contributed by atoms with E-state index >= 15 is 0 Å². The van der Waals surface area contributed by atoms with E-state index in [0.717, 1.165) is 44.2 Å². The van der Waals surface area contributed by atoms with Crippen LogP contribution in [0.4, 0.5) is 4.39 Å². The van der Waals surface area contributed by atoms with Crippen LogP contribution >= 0.6 is 11.6 Å². The van der Waals surface area contributed by atoms with Gasteiger partial charge in [-0.1, -0.05) is 44.7 Å². The number of hydrogen-bond donors (Lipinski definition) is 1. The van der Waals surface area contributed by atoms with Crippen molar-refractivity contribution < 1.29 is 22.4 Å². The lowest BCUT2D eigenvalue weighted by molar-refractivity contribution is -0.139. The number of sulfonamides is 1. The summed E-state index contributed by atoms with van der Waals surface area (Å²) in [7, 11) is -3.85. The summed E-state index contributed by atoms with van der Waals surface area (Å²) in [5.74, 6) is -1.06. The standard InChI is InChI=1S/C22H31ClFN3O4S/c1-15(2)20(25-21(28)16-6-4-3-5-7-16)22(29)26-10-12-27(13-11-26)32(30,31)17-8-9-19(24)18(23)14-17/h8-9,14-16,20H,3-7,10-13H2,1-2H3,(H,25,28). The van der Waals surface area contributed by atoms with Gasteiger partial charge < -0.3 is 10.2 Å². The van der Waals surface area contributed by atoms with Crippen LogP contribution in [0.3, 0.4) is 0 Å². The van der Waals surface area contributed by atoms with Gasteiger partial charge in [-0.15, -0.1) is 0 Å². The first-order valence-electron chi connectivity index (χ1n) is 11.2. The zero-order valence-electron chi connectivity index (χ0n) is 18.5. The van der Waals surface area contributed by atoms with E-state index in [0.29, 0.717) is 0 Å². The quantitative estimate of drug-likeness (QED) is 0.668. The molecular formula is C22H31ClFN3O4S. The number of halogens is 2. The number of nitrogens with zero attached hydrogens (tertiary/aromatic N) is 2. The van der Waals surface area contributed by atoms with Crippen molar-refractivity contribution in [3.05, 3.63) is 29.0 Å². The molecular weight excluding hydrogens is 457 g/mol. The van der Waals surface area contributed by atoms with Gasteiger partial charge in [0, 0.05) is 32.1 Å². The first-order chi connectivity index (χ1) is 15.1. The summed E-state index contributed by atoms with van der Waals surface area (Å²) in [5.41, 5.74) is 0. The smallest absolute Gasteiger partial charge is 0.245 e. The number of carbonyl (C=O) groups is 2. The van der Waals surface area contributed by atoms with E-state index in [1.54, 1.807) is 4.90 Å². The minimum absolute atomic E-state index is 0.0395. The SMILES string of the molecule is CC(C)C(NC(=O)C1CCCCC1)C(=O)N1CCN(S(=O)(=O)c2ccc(F)c(Cl)c2)CC1. The Morgan fingerprint density at radius 3 is 2.28 bits per heavy atom. The normalized spacial score (nSPS) is 19.7. The van der Waals surface area contributed by atoms with E-state index < -0.39 is 21.9 Å². The largest absolute Gasteiger partial charge is 0.344 e. The van der Waals surface area contributed by atoms with Gasteiger partial charge >= 0.3 is 0 Å². The summed E-state index contributed by atoms with van der Waals surface area (Å²) in [6.07, 6.45) is 4.93. The monoisotopic (exact) mass is 487 g/mol. The van der Waals surface area contributed by atoms with Crippen LogP contribution in [0.25, 0.3) is 0 Å². The van der Waals surface area contributed by atoms with Crippen molar-refractivity contribution in [2.75, 3.05) is 26.2 Å². The molecule has 10 heteroatoms. The van der Waals surface area contributed by atoms with Gasteiger partial charge in [0.15, 0.2) is 0 Å². The van der Waals surface area contributed by atoms with Crippen LogP contribution in [0, 0.1) is 17.7 Å². The van der Waals surface area contributed by atoms with Gasteiger partial charge in [0.1, 0.15) is 11.9 Å². The summed E-state index contributed by atoms with van der Waals surface area (Å²) in [6, 6.07) is 2.67. The van der Waals surface area contributed by atoms with Crippen LogP contribution in [0.15, 0.2) is 23.1 Å². The average molecular weight is 488 g/mol. The molecule has 7 nitrogen and oxygen atoms in total. The van der Waals surface area contributed by atoms with Crippen molar-refractivity contribution in [2.45, 2.75) is 56.9 Å². The van der Waals surface area contributed by atoms with Crippen molar-refractivity contribution in [1.29, 1.82) is 0 Å². The maximum atomic E-state index is 13.4. The third-order valence-electron chi connectivity index (χ3n) is 6.29. The molecule has 1 aliphatic carbocycles. The average Bonchev–Trinajstić information content (AvgIpc) is 2.79. The van der Waals surface area contributed by atoms with Gasteiger partial charge in [0.05, 0.1) is 9.92 Å². The third-order valence-corrected chi connectivity index (χ3v) is 8.47. The van der Waals surface area contributed by atoms with E-state index in [2.05, 4.69) is 5.32 Å². The number of carbonyl (C=O) groups excluding carboxylic acids is 2. The lowest BCUT2D eigenvalue weighted by Gasteiger charge is -2.37. The maximum Gasteiger partial charge on any atom is 0.245 e. The van der Waals surface area contributed by atoms with Crippen LogP contribution in [0.1, 0.15) is 46.0 Å². The molecule has 178 valence electrons. The van der Waals surface area contributed by atoms with Crippen molar-refractivity contribution in [3.8, 4) is 0 Å². The summed E-state index contributed by atoms with van der Waals surface area (Å²) in [4.78, 5) is 27.4. The number of amides is 2. The second-order valence-electron chi connectivity index (χ2n) is 8.87. The molecule has 3 rings (SSSR count). The van der Waals surface area contributed by atoms with Crippen molar-refractivity contribution >= 4 is 33.4 Å². The van der Waals surface area contributed by atoms with E-state index in [-0.39, 0.29) is 59.7 Å². The van der Waals surface area contributed by atoms with Crippen molar-refractivity contribution in [3.63, 3.8) is 0 Å². The topological polar surface area (TPSA) is 86.8 Å². The molecule has 1 saturated carbocycles. The molecule has 1 aromatic rings. The Kier molecular flexibility index (Phi) is 8.16. The number of hydrogen-bond acceptors (Lipinski definition) is 4. The minimum Gasteiger partial charge on any atom is -0.344 e. The van der Waals surface area contributed by atoms with Crippen molar-refractivity contribution in [2.24, 2.45) is 11.8 Å². The number of piperazine rings is 1. The van der Waals surface area contributed by atoms with Crippen LogP contribution in [0.5, 0.6) is 0 Å². The molecule has 1 aliphatic heterocycles. The zero-order valence-corrected chi connectivity index (χ0v) is 20.1. The highest BCUT2D eigenvalue weighted by Gasteiger charge is 2.35. The molecule has 1 N–H and O–H groups in total. The number of rotatable bonds is 6. The predicted molar refractivity (Wildman–Crippen MR) is 120 cm³/mol. The fourth-order valence-corrected chi connectivity index (χ4v) is 5.98. The summed E-state index contributed by atoms with van der Waals surface area (Å²) in [5, 5.41) is 2.69. The van der Waals surface area contributed by atoms with Crippen molar-refractivity contribution in [1.82, 2.24) is 14.5 Å². The second kappa shape index (κ2) is 10.5. The highest BCUT2D eigenvalue weighted by molar-refractivity contribution is 7.89. The molecule has 1 aromatic carbocycles. The van der Waals surface area contributed by atoms with Gasteiger partial charge in [-0.25, -0.2) is 12.8 Å². The molecule has 0 aromatic heterocycles. The Bertz CT molecular complexity index is 942. The second-order valence-corrected chi connectivity index (χ2v) is 11.2. The first kappa shape index (κ1) is 24.9. The summed E-state index contributed by atoms with van der Waals surface area (Å²) < 4.78 is 40.4. The van der Waals surface area contributed by atoms with Gasteiger partial charge in [-0.2, -0.15) is 4.31 Å². The molecule has 0 spiro atoms. The van der Waals surface area contributed by atoms with E-state index in [1.165, 1.54) is 10.4 Å². The Morgan fingerprint density at radius 2 is 1.72 bits per heavy atom. The minimum atomic E-state index is -3.85. The van der Waals surface area contributed by atoms with Crippen LogP contribution in [-0.2, 0) is 19.6 Å². The van der Waals surface area contributed by atoms with Gasteiger partial charge in [-0.05, 0) is 37.0 Å². The third kappa shape index (κ3) is 5.61. The number of benzene rings is 1. The molecule has 1 unspecified atom stereocenters. The summed E-state index contributed by atoms with van der Waals surface area (Å²) in [6.45, 7) is 4.45. The highest BCUT2D eigenvalue weighted by Crippen LogP contribution is 2.25. The van der Waals surface area contributed by atoms with Crippen LogP contribution in [0.2, 0.25) is 5.02 Å². The van der Waals surface area contributed by atoms with Gasteiger partial charge in [-0.3, -0.25) is 9.59 Å². The maximum absolute atomic E-state index is 13.4. The molecule has 0 radical (unpaired) electrons. The van der Waals surface area contributed by atoms with E-state index in [4.69, 9.17) is 11.6 Å². The van der Waals surface area contributed by atoms with E-state index in [9.17, 15) is 22.4 Å². The Labute approximate surface area is 194 Å². The Morgan fingerprint density at radius 1 is 1.09 bits per heavy atom. The summed E-state index contributed by atoms with van der Waals surface area (Å²) >= 11 is 5.74. The lowest BCUT2D eigenvalue weighted by Crippen LogP contribution is -2.57. The Hall–Kier alpha value is -1.71. The lowest BCUT2D eigenvalue weighted by atomic mass is 9.88. The fraction of sp³-hybridized carbons (Fsp3) is 0.636. The molecule has 1 heterocycles. The van der Waals surface area contributed by atoms with Crippen LogP contribution in [-0.4, -0.2) is 61.7 Å². The van der Waals surface area contributed by atoms with Gasteiger partial charge in [0.2, 0.25) is 21.8 Å². The molecule has 2 aliphatic rings. The molecule has 1 saturated heterocycles. The zero-order chi connectivity index (χ0) is 23.5. The highest BCUT2D eigenvalue weighted by atomic mass is 35.5. The predicted octanol–water partition coefficient (Wildman–Crippen LogP) is 3.03. The van der Waals surface area contributed by atoms with E-state index in [1.807, 2.05) is 13.8 Å². The molecule has 2 amide bonds. The fourth-order valence-electron chi connectivity index (χ4n) is 4.28. The molecule has 2 fully saturated rings. The van der Waals surface area contributed by atoms with Gasteiger partial charge in [0.25, 0.3) is 0 Å². The number of nitrogens with one attached hydrogen (secondary N) is 1. The van der Waals surface area contributed by atoms with Crippen LogP contribution < -0.4 is 5.32 Å².